The standard InChI is InChI=1S/C23H33N3O.2ClH/c1-15-8-19(6-7-24-15)22(27)25-20-4-2-3-5-21(20)26-23-12-16-9-17(13-23)11-18(10-16)14-23;;/h2-5,15-19,24,26H,6-14H2,1H3,(H,25,27);2*1H/t15-,16?,17?,18?,19-,23?;;/m0../s1. The van der Waals surface area contributed by atoms with Crippen molar-refractivity contribution < 1.29 is 4.79 Å². The van der Waals surface area contributed by atoms with Gasteiger partial charge in [-0.2, -0.15) is 0 Å². The average Bonchev–Trinajstić information content (AvgIpc) is 2.62. The van der Waals surface area contributed by atoms with Gasteiger partial charge in [0, 0.05) is 17.5 Å². The highest BCUT2D eigenvalue weighted by Crippen LogP contribution is 2.56. The van der Waals surface area contributed by atoms with Crippen LogP contribution in [-0.2, 0) is 4.79 Å². The average molecular weight is 440 g/mol. The van der Waals surface area contributed by atoms with E-state index in [1.54, 1.807) is 0 Å². The predicted octanol–water partition coefficient (Wildman–Crippen LogP) is 5.24. The van der Waals surface area contributed by atoms with Crippen LogP contribution in [0.15, 0.2) is 24.3 Å². The van der Waals surface area contributed by atoms with E-state index in [9.17, 15) is 4.79 Å². The van der Waals surface area contributed by atoms with Gasteiger partial charge in [-0.05, 0) is 94.7 Å². The van der Waals surface area contributed by atoms with Crippen LogP contribution < -0.4 is 16.0 Å². The molecule has 1 heterocycles. The fourth-order valence-electron chi connectivity index (χ4n) is 6.86. The van der Waals surface area contributed by atoms with Gasteiger partial charge >= 0.3 is 0 Å². The molecular weight excluding hydrogens is 405 g/mol. The topological polar surface area (TPSA) is 53.2 Å². The Bertz CT molecular complexity index is 691. The van der Waals surface area contributed by atoms with E-state index in [-0.39, 0.29) is 42.2 Å². The highest BCUT2D eigenvalue weighted by Gasteiger charge is 2.51. The zero-order valence-electron chi connectivity index (χ0n) is 17.3. The number of benzene rings is 1. The van der Waals surface area contributed by atoms with Gasteiger partial charge in [0.1, 0.15) is 0 Å². The fourth-order valence-corrected chi connectivity index (χ4v) is 6.86. The van der Waals surface area contributed by atoms with Crippen LogP contribution in [0.1, 0.15) is 58.3 Å². The van der Waals surface area contributed by atoms with Crippen LogP contribution in [0.3, 0.4) is 0 Å². The van der Waals surface area contributed by atoms with Crippen molar-refractivity contribution in [3.8, 4) is 0 Å². The number of amides is 1. The number of hydrogen-bond donors (Lipinski definition) is 3. The van der Waals surface area contributed by atoms with Gasteiger partial charge in [0.05, 0.1) is 11.4 Å². The number of rotatable bonds is 4. The summed E-state index contributed by atoms with van der Waals surface area (Å²) < 4.78 is 0. The summed E-state index contributed by atoms with van der Waals surface area (Å²) in [4.78, 5) is 12.9. The molecule has 4 nitrogen and oxygen atoms in total. The largest absolute Gasteiger partial charge is 0.378 e. The molecule has 6 rings (SSSR count). The molecule has 6 heteroatoms. The Morgan fingerprint density at radius 2 is 1.55 bits per heavy atom. The van der Waals surface area contributed by atoms with Crippen LogP contribution in [0.5, 0.6) is 0 Å². The van der Waals surface area contributed by atoms with Crippen LogP contribution in [0.2, 0.25) is 0 Å². The first-order chi connectivity index (χ1) is 13.1. The van der Waals surface area contributed by atoms with Crippen molar-refractivity contribution in [1.82, 2.24) is 5.32 Å². The second-order valence-electron chi connectivity index (χ2n) is 9.93. The van der Waals surface area contributed by atoms with Crippen LogP contribution in [0.25, 0.3) is 0 Å². The zero-order valence-corrected chi connectivity index (χ0v) is 18.9. The lowest BCUT2D eigenvalue weighted by Crippen LogP contribution is -2.54. The number of anilines is 2. The Hall–Kier alpha value is -0.970. The molecule has 4 bridgehead atoms. The first-order valence-electron chi connectivity index (χ1n) is 11.0. The molecule has 1 aliphatic heterocycles. The van der Waals surface area contributed by atoms with E-state index in [2.05, 4.69) is 41.1 Å². The molecule has 29 heavy (non-hydrogen) atoms. The number of piperidine rings is 1. The van der Waals surface area contributed by atoms with Crippen molar-refractivity contribution in [3.63, 3.8) is 0 Å². The third-order valence-corrected chi connectivity index (χ3v) is 7.62. The summed E-state index contributed by atoms with van der Waals surface area (Å²) in [6.45, 7) is 3.11. The molecule has 0 aromatic heterocycles. The summed E-state index contributed by atoms with van der Waals surface area (Å²) >= 11 is 0. The lowest BCUT2D eigenvalue weighted by molar-refractivity contribution is -0.120. The third-order valence-electron chi connectivity index (χ3n) is 7.62. The fraction of sp³-hybridized carbons (Fsp3) is 0.696. The summed E-state index contributed by atoms with van der Waals surface area (Å²) in [5.74, 6) is 3.06. The SMILES string of the molecule is C[C@H]1C[C@@H](C(=O)Nc2ccccc2NC23CC4CC(CC(C4)C2)C3)CCN1.Cl.Cl. The molecule has 5 aliphatic rings. The van der Waals surface area contributed by atoms with Gasteiger partial charge in [-0.15, -0.1) is 24.8 Å². The van der Waals surface area contributed by atoms with Crippen molar-refractivity contribution in [3.05, 3.63) is 24.3 Å². The molecule has 2 atom stereocenters. The van der Waals surface area contributed by atoms with E-state index in [0.717, 1.165) is 48.5 Å². The molecule has 1 amide bonds. The highest BCUT2D eigenvalue weighted by molar-refractivity contribution is 5.95. The summed E-state index contributed by atoms with van der Waals surface area (Å²) in [6, 6.07) is 8.76. The molecule has 162 valence electrons. The van der Waals surface area contributed by atoms with Gasteiger partial charge in [0.25, 0.3) is 0 Å². The molecular formula is C23H35Cl2N3O. The second kappa shape index (κ2) is 9.03. The van der Waals surface area contributed by atoms with E-state index in [1.807, 2.05) is 6.07 Å². The lowest BCUT2D eigenvalue weighted by atomic mass is 9.53. The highest BCUT2D eigenvalue weighted by atomic mass is 35.5. The Morgan fingerprint density at radius 3 is 2.14 bits per heavy atom. The summed E-state index contributed by atoms with van der Waals surface area (Å²) in [5, 5.41) is 10.6. The van der Waals surface area contributed by atoms with Gasteiger partial charge in [-0.1, -0.05) is 12.1 Å². The number of halogens is 2. The predicted molar refractivity (Wildman–Crippen MR) is 124 cm³/mol. The van der Waals surface area contributed by atoms with Crippen LogP contribution >= 0.6 is 24.8 Å². The Labute approximate surface area is 187 Å². The van der Waals surface area contributed by atoms with Crippen molar-refractivity contribution in [2.75, 3.05) is 17.2 Å². The molecule has 1 aromatic carbocycles. The minimum Gasteiger partial charge on any atom is -0.378 e. The maximum absolute atomic E-state index is 12.9. The van der Waals surface area contributed by atoms with Crippen molar-refractivity contribution >= 4 is 42.1 Å². The van der Waals surface area contributed by atoms with Crippen molar-refractivity contribution in [2.45, 2.75) is 69.9 Å². The molecule has 1 saturated heterocycles. The normalized spacial score (nSPS) is 37.2. The molecule has 1 aromatic rings. The van der Waals surface area contributed by atoms with E-state index in [0.29, 0.717) is 6.04 Å². The molecule has 0 spiro atoms. The summed E-state index contributed by atoms with van der Waals surface area (Å²) in [7, 11) is 0. The van der Waals surface area contributed by atoms with E-state index < -0.39 is 0 Å². The van der Waals surface area contributed by atoms with E-state index in [4.69, 9.17) is 0 Å². The van der Waals surface area contributed by atoms with Gasteiger partial charge in [0.15, 0.2) is 0 Å². The third kappa shape index (κ3) is 4.70. The van der Waals surface area contributed by atoms with Crippen molar-refractivity contribution in [2.24, 2.45) is 23.7 Å². The second-order valence-corrected chi connectivity index (χ2v) is 9.93. The first-order valence-corrected chi connectivity index (χ1v) is 11.0. The quantitative estimate of drug-likeness (QED) is 0.601. The van der Waals surface area contributed by atoms with Gasteiger partial charge in [0.2, 0.25) is 5.91 Å². The molecule has 0 radical (unpaired) electrons. The zero-order chi connectivity index (χ0) is 18.4. The Morgan fingerprint density at radius 1 is 0.966 bits per heavy atom. The molecule has 4 saturated carbocycles. The first kappa shape index (κ1) is 22.7. The summed E-state index contributed by atoms with van der Waals surface area (Å²) in [6.07, 6.45) is 10.2. The molecule has 0 unspecified atom stereocenters. The molecule has 3 N–H and O–H groups in total. The maximum Gasteiger partial charge on any atom is 0.227 e. The number of para-hydroxylation sites is 2. The van der Waals surface area contributed by atoms with Gasteiger partial charge in [-0.25, -0.2) is 0 Å². The molecule has 4 aliphatic carbocycles. The number of hydrogen-bond acceptors (Lipinski definition) is 3. The van der Waals surface area contributed by atoms with Gasteiger partial charge in [-0.3, -0.25) is 4.79 Å². The number of nitrogens with one attached hydrogen (secondary N) is 3. The van der Waals surface area contributed by atoms with Crippen LogP contribution in [0, 0.1) is 23.7 Å². The van der Waals surface area contributed by atoms with Crippen LogP contribution in [-0.4, -0.2) is 24.0 Å². The minimum atomic E-state index is 0. The molecule has 5 fully saturated rings. The van der Waals surface area contributed by atoms with Crippen molar-refractivity contribution in [1.29, 1.82) is 0 Å². The summed E-state index contributed by atoms with van der Waals surface area (Å²) in [5.41, 5.74) is 2.35. The van der Waals surface area contributed by atoms with Crippen LogP contribution in [0.4, 0.5) is 11.4 Å². The van der Waals surface area contributed by atoms with E-state index in [1.165, 1.54) is 38.5 Å². The lowest BCUT2D eigenvalue weighted by Gasteiger charge is -2.57. The van der Waals surface area contributed by atoms with Gasteiger partial charge < -0.3 is 16.0 Å². The number of carbonyl (C=O) groups is 1. The minimum absolute atomic E-state index is 0. The Kier molecular flexibility index (Phi) is 7.07. The smallest absolute Gasteiger partial charge is 0.227 e. The number of carbonyl (C=O) groups excluding carboxylic acids is 1. The monoisotopic (exact) mass is 439 g/mol. The maximum atomic E-state index is 12.9. The Balaban J connectivity index is 0.00000120. The van der Waals surface area contributed by atoms with E-state index >= 15 is 0 Å².